The van der Waals surface area contributed by atoms with Crippen LogP contribution in [-0.2, 0) is 6.42 Å². The quantitative estimate of drug-likeness (QED) is 0.560. The van der Waals surface area contributed by atoms with Gasteiger partial charge in [0.2, 0.25) is 5.76 Å². The summed E-state index contributed by atoms with van der Waals surface area (Å²) in [5.41, 5.74) is 5.76. The highest BCUT2D eigenvalue weighted by molar-refractivity contribution is 6.05. The van der Waals surface area contributed by atoms with E-state index in [2.05, 4.69) is 10.1 Å². The number of carboxylic acid groups (broad SMARTS) is 1. The number of furan rings is 1. The minimum Gasteiger partial charge on any atom is -0.475 e. The van der Waals surface area contributed by atoms with Gasteiger partial charge in [-0.3, -0.25) is 4.98 Å². The molecule has 1 aliphatic carbocycles. The molecule has 0 bridgehead atoms. The van der Waals surface area contributed by atoms with E-state index in [0.717, 1.165) is 34.2 Å². The first-order valence-electron chi connectivity index (χ1n) is 7.79. The lowest BCUT2D eigenvalue weighted by Gasteiger charge is -2.10. The maximum Gasteiger partial charge on any atom is 0.372 e. The molecule has 0 saturated carbocycles. The normalized spacial score (nSPS) is 14.6. The van der Waals surface area contributed by atoms with Crippen molar-refractivity contribution in [2.24, 2.45) is 5.16 Å². The number of aromatic nitrogens is 1. The number of aromatic carboxylic acids is 1. The molecule has 3 aromatic rings. The minimum absolute atomic E-state index is 0.0942. The van der Waals surface area contributed by atoms with E-state index in [0.29, 0.717) is 17.7 Å². The summed E-state index contributed by atoms with van der Waals surface area (Å²) in [5.74, 6) is -1.20. The topological polar surface area (TPSA) is 95.9 Å². The summed E-state index contributed by atoms with van der Waals surface area (Å²) in [4.78, 5) is 15.6. The maximum atomic E-state index is 11.4. The third-order valence-electron chi connectivity index (χ3n) is 4.45. The molecule has 1 aliphatic rings. The molecule has 25 heavy (non-hydrogen) atoms. The fourth-order valence-electron chi connectivity index (χ4n) is 3.29. The zero-order valence-corrected chi connectivity index (χ0v) is 13.1. The third kappa shape index (κ3) is 2.48. The van der Waals surface area contributed by atoms with Crippen molar-refractivity contribution in [1.82, 2.24) is 4.98 Å². The van der Waals surface area contributed by atoms with Gasteiger partial charge in [0.25, 0.3) is 0 Å². The molecule has 1 aromatic carbocycles. The number of aryl methyl sites for hydroxylation is 1. The van der Waals surface area contributed by atoms with E-state index in [4.69, 9.17) is 9.62 Å². The van der Waals surface area contributed by atoms with Gasteiger partial charge in [-0.25, -0.2) is 4.79 Å². The number of rotatable bonds is 3. The maximum absolute atomic E-state index is 11.4. The number of fused-ring (bicyclic) bond motifs is 1. The Bertz CT molecular complexity index is 1000. The second kappa shape index (κ2) is 5.90. The summed E-state index contributed by atoms with van der Waals surface area (Å²) < 4.78 is 5.11. The van der Waals surface area contributed by atoms with E-state index >= 15 is 0 Å². The summed E-state index contributed by atoms with van der Waals surface area (Å²) in [6.07, 6.45) is 6.23. The van der Waals surface area contributed by atoms with E-state index in [9.17, 15) is 9.90 Å². The van der Waals surface area contributed by atoms with E-state index in [1.807, 2.05) is 18.2 Å². The first kappa shape index (κ1) is 15.1. The van der Waals surface area contributed by atoms with Gasteiger partial charge in [0.1, 0.15) is 0 Å². The fraction of sp³-hybridized carbons (Fsp3) is 0.105. The molecule has 0 atom stereocenters. The summed E-state index contributed by atoms with van der Waals surface area (Å²) in [7, 11) is 0. The molecule has 124 valence electrons. The zero-order chi connectivity index (χ0) is 17.4. The molecular weight excluding hydrogens is 320 g/mol. The molecule has 0 radical (unpaired) electrons. The molecule has 2 aromatic heterocycles. The van der Waals surface area contributed by atoms with Crippen LogP contribution in [0.2, 0.25) is 0 Å². The van der Waals surface area contributed by atoms with Crippen LogP contribution in [-0.4, -0.2) is 27.0 Å². The number of benzene rings is 1. The van der Waals surface area contributed by atoms with Crippen LogP contribution in [0.1, 0.15) is 28.1 Å². The van der Waals surface area contributed by atoms with Crippen LogP contribution < -0.4 is 0 Å². The van der Waals surface area contributed by atoms with Gasteiger partial charge >= 0.3 is 5.97 Å². The number of hydrogen-bond acceptors (Lipinski definition) is 5. The van der Waals surface area contributed by atoms with Gasteiger partial charge in [-0.15, -0.1) is 0 Å². The first-order valence-corrected chi connectivity index (χ1v) is 7.79. The average Bonchev–Trinajstić information content (AvgIpc) is 3.28. The number of carbonyl (C=O) groups is 1. The lowest BCUT2D eigenvalue weighted by Crippen LogP contribution is -1.97. The number of carboxylic acids is 1. The molecule has 2 heterocycles. The van der Waals surface area contributed by atoms with Crippen molar-refractivity contribution in [2.45, 2.75) is 12.8 Å². The zero-order valence-electron chi connectivity index (χ0n) is 13.1. The van der Waals surface area contributed by atoms with E-state index in [1.54, 1.807) is 24.5 Å². The predicted molar refractivity (Wildman–Crippen MR) is 91.0 cm³/mol. The van der Waals surface area contributed by atoms with Crippen LogP contribution in [0.3, 0.4) is 0 Å². The number of hydrogen-bond donors (Lipinski definition) is 2. The Labute approximate surface area is 143 Å². The summed E-state index contributed by atoms with van der Waals surface area (Å²) in [6, 6.07) is 9.31. The molecule has 6 heteroatoms. The van der Waals surface area contributed by atoms with Crippen molar-refractivity contribution in [3.05, 3.63) is 65.9 Å². The van der Waals surface area contributed by atoms with Gasteiger partial charge in [0.15, 0.2) is 0 Å². The number of pyridine rings is 1. The molecule has 4 rings (SSSR count). The van der Waals surface area contributed by atoms with Crippen LogP contribution >= 0.6 is 0 Å². The molecule has 0 saturated heterocycles. The first-order chi connectivity index (χ1) is 12.2. The molecule has 0 amide bonds. The van der Waals surface area contributed by atoms with E-state index in [1.165, 1.54) is 6.26 Å². The minimum atomic E-state index is -1.11. The summed E-state index contributed by atoms with van der Waals surface area (Å²) in [6.45, 7) is 0. The largest absolute Gasteiger partial charge is 0.475 e. The number of oxime groups is 1. The Morgan fingerprint density at radius 3 is 2.76 bits per heavy atom. The Hall–Kier alpha value is -3.41. The second-order valence-electron chi connectivity index (χ2n) is 5.81. The molecule has 6 nitrogen and oxygen atoms in total. The van der Waals surface area contributed by atoms with Crippen molar-refractivity contribution in [2.75, 3.05) is 0 Å². The SMILES string of the molecule is O=C(O)c1occc1-c1ccncc1-c1ccc2c(c1)CCC2=NO. The van der Waals surface area contributed by atoms with Crippen LogP contribution in [0.4, 0.5) is 0 Å². The van der Waals surface area contributed by atoms with Gasteiger partial charge in [0, 0.05) is 29.1 Å². The fourth-order valence-corrected chi connectivity index (χ4v) is 3.29. The third-order valence-corrected chi connectivity index (χ3v) is 4.45. The Kier molecular flexibility index (Phi) is 3.57. The van der Waals surface area contributed by atoms with Crippen LogP contribution in [0, 0.1) is 0 Å². The standard InChI is InChI=1S/C19H14N2O4/c22-19(23)18-15(6-8-25-18)14-5-7-20-10-16(14)12-1-3-13-11(9-12)2-4-17(13)21-24/h1,3,5-10,24H,2,4H2,(H,22,23). The molecule has 0 fully saturated rings. The Balaban J connectivity index is 1.86. The van der Waals surface area contributed by atoms with Crippen LogP contribution in [0.15, 0.2) is 58.6 Å². The lowest BCUT2D eigenvalue weighted by atomic mass is 9.94. The molecule has 0 aliphatic heterocycles. The molecule has 0 spiro atoms. The van der Waals surface area contributed by atoms with Crippen molar-refractivity contribution in [1.29, 1.82) is 0 Å². The highest BCUT2D eigenvalue weighted by atomic mass is 16.4. The average molecular weight is 334 g/mol. The second-order valence-corrected chi connectivity index (χ2v) is 5.81. The van der Waals surface area contributed by atoms with Crippen molar-refractivity contribution in [3.8, 4) is 22.3 Å². The lowest BCUT2D eigenvalue weighted by molar-refractivity contribution is 0.0663. The molecular formula is C19H14N2O4. The van der Waals surface area contributed by atoms with Crippen molar-refractivity contribution >= 4 is 11.7 Å². The van der Waals surface area contributed by atoms with Gasteiger partial charge < -0.3 is 14.7 Å². The summed E-state index contributed by atoms with van der Waals surface area (Å²) in [5, 5.41) is 21.7. The Morgan fingerprint density at radius 1 is 1.08 bits per heavy atom. The van der Waals surface area contributed by atoms with Gasteiger partial charge in [-0.2, -0.15) is 0 Å². The highest BCUT2D eigenvalue weighted by Gasteiger charge is 2.21. The van der Waals surface area contributed by atoms with Crippen LogP contribution in [0.25, 0.3) is 22.3 Å². The molecule has 0 unspecified atom stereocenters. The number of nitrogens with zero attached hydrogens (tertiary/aromatic N) is 2. The monoisotopic (exact) mass is 334 g/mol. The van der Waals surface area contributed by atoms with Crippen molar-refractivity contribution < 1.29 is 19.5 Å². The Morgan fingerprint density at radius 2 is 1.96 bits per heavy atom. The van der Waals surface area contributed by atoms with Gasteiger partial charge in [0.05, 0.1) is 12.0 Å². The predicted octanol–water partition coefficient (Wildman–Crippen LogP) is 3.83. The highest BCUT2D eigenvalue weighted by Crippen LogP contribution is 2.36. The molecule has 2 N–H and O–H groups in total. The van der Waals surface area contributed by atoms with Crippen molar-refractivity contribution in [3.63, 3.8) is 0 Å². The summed E-state index contributed by atoms with van der Waals surface area (Å²) >= 11 is 0. The van der Waals surface area contributed by atoms with Gasteiger partial charge in [-0.1, -0.05) is 23.4 Å². The van der Waals surface area contributed by atoms with Crippen LogP contribution in [0.5, 0.6) is 0 Å². The van der Waals surface area contributed by atoms with E-state index < -0.39 is 5.97 Å². The smallest absolute Gasteiger partial charge is 0.372 e. The van der Waals surface area contributed by atoms with E-state index in [-0.39, 0.29) is 5.76 Å². The van der Waals surface area contributed by atoms with Gasteiger partial charge in [-0.05, 0) is 41.7 Å².